The third kappa shape index (κ3) is 5.52. The lowest BCUT2D eigenvalue weighted by Gasteiger charge is -2.36. The summed E-state index contributed by atoms with van der Waals surface area (Å²) >= 11 is 0. The van der Waals surface area contributed by atoms with E-state index >= 15 is 0 Å². The molecule has 0 spiro atoms. The molecule has 1 aliphatic heterocycles. The molecular weight excluding hydrogens is 344 g/mol. The van der Waals surface area contributed by atoms with Crippen molar-refractivity contribution in [2.75, 3.05) is 42.9 Å². The molecule has 2 N–H and O–H groups in total. The van der Waals surface area contributed by atoms with E-state index in [1.807, 2.05) is 36.4 Å². The Hall–Kier alpha value is -2.93. The van der Waals surface area contributed by atoms with Crippen LogP contribution in [-0.2, 0) is 9.59 Å². The van der Waals surface area contributed by atoms with Crippen LogP contribution in [0.25, 0.3) is 0 Å². The molecule has 142 valence electrons. The Morgan fingerprint density at radius 3 is 2.37 bits per heavy atom. The number of amides is 1. The van der Waals surface area contributed by atoms with Gasteiger partial charge >= 0.3 is 5.97 Å². The van der Waals surface area contributed by atoms with Crippen LogP contribution in [0.1, 0.15) is 6.42 Å². The van der Waals surface area contributed by atoms with Gasteiger partial charge in [0, 0.05) is 51.0 Å². The van der Waals surface area contributed by atoms with Crippen molar-refractivity contribution in [3.8, 4) is 0 Å². The number of nitrogens with one attached hydrogen (secondary N) is 1. The number of para-hydroxylation sites is 1. The fourth-order valence-electron chi connectivity index (χ4n) is 3.20. The van der Waals surface area contributed by atoms with Crippen LogP contribution in [0.15, 0.2) is 54.7 Å². The quantitative estimate of drug-likeness (QED) is 0.777. The Kier molecular flexibility index (Phi) is 6.38. The third-order valence-corrected chi connectivity index (χ3v) is 4.66. The molecule has 0 bridgehead atoms. The Labute approximate surface area is 158 Å². The second kappa shape index (κ2) is 9.14. The molecule has 1 fully saturated rings. The highest BCUT2D eigenvalue weighted by atomic mass is 16.4. The number of carbonyl (C=O) groups excluding carboxylic acids is 1. The lowest BCUT2D eigenvalue weighted by Crippen LogP contribution is -2.49. The highest BCUT2D eigenvalue weighted by molar-refractivity contribution is 5.93. The van der Waals surface area contributed by atoms with Crippen molar-refractivity contribution in [2.45, 2.75) is 6.42 Å². The smallest absolute Gasteiger partial charge is 0.308 e. The number of hydrogen-bond donors (Lipinski definition) is 2. The van der Waals surface area contributed by atoms with Crippen molar-refractivity contribution in [3.63, 3.8) is 0 Å². The molecule has 2 aromatic rings. The molecule has 1 saturated heterocycles. The van der Waals surface area contributed by atoms with Crippen molar-refractivity contribution in [2.24, 2.45) is 5.92 Å². The van der Waals surface area contributed by atoms with Crippen molar-refractivity contribution in [3.05, 3.63) is 54.7 Å². The number of piperazine rings is 1. The predicted molar refractivity (Wildman–Crippen MR) is 104 cm³/mol. The zero-order chi connectivity index (χ0) is 19.1. The first-order valence-corrected chi connectivity index (χ1v) is 9.08. The lowest BCUT2D eigenvalue weighted by atomic mass is 10.0. The molecule has 3 rings (SSSR count). The molecule has 0 saturated carbocycles. The fraction of sp³-hybridized carbons (Fsp3) is 0.350. The van der Waals surface area contributed by atoms with Crippen LogP contribution in [0.5, 0.6) is 0 Å². The zero-order valence-corrected chi connectivity index (χ0v) is 15.1. The van der Waals surface area contributed by atoms with Gasteiger partial charge in [-0.25, -0.2) is 4.98 Å². The Bertz CT molecular complexity index is 746. The van der Waals surface area contributed by atoms with Gasteiger partial charge in [0.2, 0.25) is 5.91 Å². The number of carboxylic acid groups (broad SMARTS) is 1. The second-order valence-corrected chi connectivity index (χ2v) is 6.63. The van der Waals surface area contributed by atoms with E-state index in [9.17, 15) is 14.7 Å². The number of carbonyl (C=O) groups is 2. The summed E-state index contributed by atoms with van der Waals surface area (Å²) in [5.74, 6) is -1.00. The molecular formula is C20H24N4O3. The summed E-state index contributed by atoms with van der Waals surface area (Å²) in [6, 6.07) is 14.9. The normalized spacial score (nSPS) is 15.9. The van der Waals surface area contributed by atoms with E-state index in [0.717, 1.165) is 32.0 Å². The van der Waals surface area contributed by atoms with Gasteiger partial charge in [-0.1, -0.05) is 24.3 Å². The number of carboxylic acids is 1. The van der Waals surface area contributed by atoms with Gasteiger partial charge in [-0.3, -0.25) is 14.5 Å². The van der Waals surface area contributed by atoms with Crippen LogP contribution < -0.4 is 10.2 Å². The largest absolute Gasteiger partial charge is 0.481 e. The number of rotatable bonds is 7. The molecule has 2 heterocycles. The monoisotopic (exact) mass is 368 g/mol. The van der Waals surface area contributed by atoms with Gasteiger partial charge < -0.3 is 15.3 Å². The summed E-state index contributed by atoms with van der Waals surface area (Å²) in [5.41, 5.74) is 0.676. The number of aliphatic carboxylic acids is 1. The molecule has 1 atom stereocenters. The summed E-state index contributed by atoms with van der Waals surface area (Å²) in [7, 11) is 0. The topological polar surface area (TPSA) is 85.8 Å². The summed E-state index contributed by atoms with van der Waals surface area (Å²) in [6.07, 6.45) is 1.73. The molecule has 27 heavy (non-hydrogen) atoms. The first-order chi connectivity index (χ1) is 13.1. The van der Waals surface area contributed by atoms with Crippen LogP contribution in [0.3, 0.4) is 0 Å². The fourth-order valence-corrected chi connectivity index (χ4v) is 3.20. The summed E-state index contributed by atoms with van der Waals surface area (Å²) in [5, 5.41) is 12.3. The van der Waals surface area contributed by atoms with E-state index in [4.69, 9.17) is 0 Å². The molecule has 1 aromatic heterocycles. The molecule has 7 nitrogen and oxygen atoms in total. The minimum Gasteiger partial charge on any atom is -0.481 e. The number of anilines is 2. The van der Waals surface area contributed by atoms with Gasteiger partial charge in [0.15, 0.2) is 0 Å². The highest BCUT2D eigenvalue weighted by Crippen LogP contribution is 2.15. The first-order valence-electron chi connectivity index (χ1n) is 9.08. The number of nitrogens with zero attached hydrogens (tertiary/aromatic N) is 3. The highest BCUT2D eigenvalue weighted by Gasteiger charge is 2.26. The third-order valence-electron chi connectivity index (χ3n) is 4.66. The van der Waals surface area contributed by atoms with E-state index in [1.165, 1.54) is 0 Å². The van der Waals surface area contributed by atoms with Gasteiger partial charge in [0.25, 0.3) is 0 Å². The van der Waals surface area contributed by atoms with Gasteiger partial charge in [-0.05, 0) is 24.3 Å². The van der Waals surface area contributed by atoms with Gasteiger partial charge in [0.05, 0.1) is 5.92 Å². The average molecular weight is 368 g/mol. The van der Waals surface area contributed by atoms with E-state index in [0.29, 0.717) is 12.2 Å². The van der Waals surface area contributed by atoms with Crippen molar-refractivity contribution >= 4 is 23.4 Å². The number of hydrogen-bond acceptors (Lipinski definition) is 5. The van der Waals surface area contributed by atoms with Crippen LogP contribution in [0.2, 0.25) is 0 Å². The number of benzene rings is 1. The molecule has 1 unspecified atom stereocenters. The van der Waals surface area contributed by atoms with Crippen LogP contribution in [-0.4, -0.2) is 59.6 Å². The minimum atomic E-state index is -0.939. The number of aromatic nitrogens is 1. The molecule has 0 aliphatic carbocycles. The SMILES string of the molecule is O=C(CC(CN1CCN(c2ccccn2)CC1)C(=O)O)Nc1ccccc1. The maximum absolute atomic E-state index is 12.2. The Morgan fingerprint density at radius 2 is 1.74 bits per heavy atom. The van der Waals surface area contributed by atoms with Gasteiger partial charge in [0.1, 0.15) is 5.82 Å². The molecule has 1 amide bonds. The molecule has 0 radical (unpaired) electrons. The lowest BCUT2D eigenvalue weighted by molar-refractivity contribution is -0.144. The predicted octanol–water partition coefficient (Wildman–Crippen LogP) is 1.93. The first kappa shape index (κ1) is 18.8. The Morgan fingerprint density at radius 1 is 1.04 bits per heavy atom. The van der Waals surface area contributed by atoms with Gasteiger partial charge in [-0.15, -0.1) is 0 Å². The van der Waals surface area contributed by atoms with Crippen LogP contribution >= 0.6 is 0 Å². The number of pyridine rings is 1. The van der Waals surface area contributed by atoms with Crippen molar-refractivity contribution < 1.29 is 14.7 Å². The van der Waals surface area contributed by atoms with E-state index < -0.39 is 11.9 Å². The van der Waals surface area contributed by atoms with Crippen LogP contribution in [0.4, 0.5) is 11.5 Å². The second-order valence-electron chi connectivity index (χ2n) is 6.63. The van der Waals surface area contributed by atoms with Crippen molar-refractivity contribution in [1.29, 1.82) is 0 Å². The minimum absolute atomic E-state index is 0.0370. The Balaban J connectivity index is 1.50. The van der Waals surface area contributed by atoms with Crippen LogP contribution in [0, 0.1) is 5.92 Å². The average Bonchev–Trinajstić information content (AvgIpc) is 2.69. The molecule has 1 aromatic carbocycles. The standard InChI is InChI=1S/C20H24N4O3/c25-19(22-17-6-2-1-3-7-17)14-16(20(26)27)15-23-10-12-24(13-11-23)18-8-4-5-9-21-18/h1-9,16H,10-15H2,(H,22,25)(H,26,27). The maximum atomic E-state index is 12.2. The maximum Gasteiger partial charge on any atom is 0.308 e. The summed E-state index contributed by atoms with van der Waals surface area (Å²) in [4.78, 5) is 32.5. The molecule has 7 heteroatoms. The summed E-state index contributed by atoms with van der Waals surface area (Å²) in [6.45, 7) is 3.45. The summed E-state index contributed by atoms with van der Waals surface area (Å²) < 4.78 is 0. The van der Waals surface area contributed by atoms with E-state index in [1.54, 1.807) is 18.3 Å². The van der Waals surface area contributed by atoms with Crippen molar-refractivity contribution in [1.82, 2.24) is 9.88 Å². The molecule has 1 aliphatic rings. The van der Waals surface area contributed by atoms with E-state index in [-0.39, 0.29) is 12.3 Å². The van der Waals surface area contributed by atoms with Gasteiger partial charge in [-0.2, -0.15) is 0 Å². The zero-order valence-electron chi connectivity index (χ0n) is 15.1. The van der Waals surface area contributed by atoms with E-state index in [2.05, 4.69) is 20.1 Å².